The molecule has 1 aromatic rings. The molecule has 1 aliphatic rings. The van der Waals surface area contributed by atoms with Gasteiger partial charge in [0, 0.05) is 24.3 Å². The first-order chi connectivity index (χ1) is 11.0. The number of halogens is 1. The molecular formula is C17H21ClN2O3. The summed E-state index contributed by atoms with van der Waals surface area (Å²) in [6.07, 6.45) is 1.32. The first-order valence-electron chi connectivity index (χ1n) is 7.72. The van der Waals surface area contributed by atoms with Gasteiger partial charge in [-0.15, -0.1) is 0 Å². The lowest BCUT2D eigenvalue weighted by Crippen LogP contribution is -2.32. The van der Waals surface area contributed by atoms with Gasteiger partial charge in [0.15, 0.2) is 0 Å². The standard InChI is InChI=1S/C17H21ClN2O3/c1-2-23-16(21)10-15(20)12-7-13(9-14(18)8-12)17(11-19)3-5-22-6-4-17/h7-9,15H,2-6,10,20H2,1H3/t15-/m1/s1. The highest BCUT2D eigenvalue weighted by Crippen LogP contribution is 2.37. The van der Waals surface area contributed by atoms with Gasteiger partial charge in [-0.3, -0.25) is 4.79 Å². The molecule has 2 N–H and O–H groups in total. The summed E-state index contributed by atoms with van der Waals surface area (Å²) in [6, 6.07) is 7.32. The van der Waals surface area contributed by atoms with Gasteiger partial charge in [0.25, 0.3) is 0 Å². The van der Waals surface area contributed by atoms with Crippen LogP contribution < -0.4 is 5.73 Å². The highest BCUT2D eigenvalue weighted by atomic mass is 35.5. The minimum atomic E-state index is -0.610. The van der Waals surface area contributed by atoms with E-state index >= 15 is 0 Å². The van der Waals surface area contributed by atoms with Gasteiger partial charge in [0.05, 0.1) is 24.5 Å². The molecule has 0 radical (unpaired) electrons. The SMILES string of the molecule is CCOC(=O)C[C@@H](N)c1cc(Cl)cc(C2(C#N)CCOCC2)c1. The molecule has 1 aliphatic heterocycles. The van der Waals surface area contributed by atoms with Crippen molar-refractivity contribution in [1.82, 2.24) is 0 Å². The third kappa shape index (κ3) is 4.23. The van der Waals surface area contributed by atoms with Gasteiger partial charge >= 0.3 is 5.97 Å². The number of nitriles is 1. The Bertz CT molecular complexity index is 606. The van der Waals surface area contributed by atoms with Gasteiger partial charge in [0.2, 0.25) is 0 Å². The zero-order valence-electron chi connectivity index (χ0n) is 13.2. The first-order valence-corrected chi connectivity index (χ1v) is 8.09. The van der Waals surface area contributed by atoms with Crippen LogP contribution in [0.1, 0.15) is 43.4 Å². The minimum Gasteiger partial charge on any atom is -0.466 e. The summed E-state index contributed by atoms with van der Waals surface area (Å²) in [4.78, 5) is 11.6. The maximum Gasteiger partial charge on any atom is 0.307 e. The van der Waals surface area contributed by atoms with Crippen molar-refractivity contribution in [2.75, 3.05) is 19.8 Å². The second kappa shape index (κ2) is 7.78. The van der Waals surface area contributed by atoms with Crippen molar-refractivity contribution in [1.29, 1.82) is 5.26 Å². The number of nitrogens with zero attached hydrogens (tertiary/aromatic N) is 1. The predicted molar refractivity (Wildman–Crippen MR) is 87.0 cm³/mol. The van der Waals surface area contributed by atoms with Crippen LogP contribution in [0.3, 0.4) is 0 Å². The molecule has 1 saturated heterocycles. The molecule has 0 spiro atoms. The van der Waals surface area contributed by atoms with Crippen LogP contribution in [0.25, 0.3) is 0 Å². The van der Waals surface area contributed by atoms with E-state index in [4.69, 9.17) is 26.8 Å². The monoisotopic (exact) mass is 336 g/mol. The third-order valence-corrected chi connectivity index (χ3v) is 4.37. The average molecular weight is 337 g/mol. The number of nitrogens with two attached hydrogens (primary N) is 1. The molecule has 1 atom stereocenters. The number of carbonyl (C=O) groups is 1. The number of esters is 1. The van der Waals surface area contributed by atoms with Crippen LogP contribution in [-0.2, 0) is 19.7 Å². The lowest BCUT2D eigenvalue weighted by molar-refractivity contribution is -0.143. The Hall–Kier alpha value is -1.61. The van der Waals surface area contributed by atoms with Crippen molar-refractivity contribution in [3.63, 3.8) is 0 Å². The average Bonchev–Trinajstić information content (AvgIpc) is 2.55. The molecule has 0 amide bonds. The third-order valence-electron chi connectivity index (χ3n) is 4.15. The summed E-state index contributed by atoms with van der Waals surface area (Å²) in [5.74, 6) is -0.345. The van der Waals surface area contributed by atoms with E-state index in [1.54, 1.807) is 19.1 Å². The lowest BCUT2D eigenvalue weighted by Gasteiger charge is -2.31. The molecule has 1 aromatic carbocycles. The number of hydrogen-bond donors (Lipinski definition) is 1. The highest BCUT2D eigenvalue weighted by Gasteiger charge is 2.35. The summed E-state index contributed by atoms with van der Waals surface area (Å²) >= 11 is 6.22. The lowest BCUT2D eigenvalue weighted by atomic mass is 9.75. The maximum absolute atomic E-state index is 11.6. The fraction of sp³-hybridized carbons (Fsp3) is 0.529. The molecule has 0 bridgehead atoms. The van der Waals surface area contributed by atoms with E-state index in [0.29, 0.717) is 37.7 Å². The van der Waals surface area contributed by atoms with Crippen molar-refractivity contribution >= 4 is 17.6 Å². The fourth-order valence-electron chi connectivity index (χ4n) is 2.80. The first kappa shape index (κ1) is 17.7. The molecule has 0 unspecified atom stereocenters. The Kier molecular flexibility index (Phi) is 6.00. The van der Waals surface area contributed by atoms with Crippen LogP contribution in [0.4, 0.5) is 0 Å². The van der Waals surface area contributed by atoms with Crippen molar-refractivity contribution in [2.24, 2.45) is 5.73 Å². The summed E-state index contributed by atoms with van der Waals surface area (Å²) in [5.41, 5.74) is 7.08. The Morgan fingerprint density at radius 1 is 1.48 bits per heavy atom. The molecule has 1 fully saturated rings. The molecular weight excluding hydrogens is 316 g/mol. The summed E-state index contributed by atoms with van der Waals surface area (Å²) < 4.78 is 10.3. The largest absolute Gasteiger partial charge is 0.466 e. The number of hydrogen-bond acceptors (Lipinski definition) is 5. The normalized spacial score (nSPS) is 18.0. The quantitative estimate of drug-likeness (QED) is 0.835. The molecule has 5 nitrogen and oxygen atoms in total. The van der Waals surface area contributed by atoms with Crippen LogP contribution in [0.15, 0.2) is 18.2 Å². The van der Waals surface area contributed by atoms with Gasteiger partial charge in [-0.05, 0) is 43.0 Å². The number of benzene rings is 1. The topological polar surface area (TPSA) is 85.3 Å². The van der Waals surface area contributed by atoms with E-state index in [2.05, 4.69) is 6.07 Å². The Balaban J connectivity index is 2.28. The van der Waals surface area contributed by atoms with Crippen molar-refractivity contribution in [3.8, 4) is 6.07 Å². The molecule has 6 heteroatoms. The van der Waals surface area contributed by atoms with Crippen molar-refractivity contribution in [3.05, 3.63) is 34.3 Å². The number of rotatable bonds is 5. The molecule has 0 aromatic heterocycles. The summed E-state index contributed by atoms with van der Waals surface area (Å²) in [6.45, 7) is 3.17. The molecule has 0 aliphatic carbocycles. The van der Waals surface area contributed by atoms with E-state index in [-0.39, 0.29) is 12.4 Å². The zero-order chi connectivity index (χ0) is 16.9. The number of ether oxygens (including phenoxy) is 2. The van der Waals surface area contributed by atoms with Crippen LogP contribution in [-0.4, -0.2) is 25.8 Å². The van der Waals surface area contributed by atoms with Crippen molar-refractivity contribution < 1.29 is 14.3 Å². The molecule has 0 saturated carbocycles. The van der Waals surface area contributed by atoms with Crippen LogP contribution >= 0.6 is 11.6 Å². The molecule has 1 heterocycles. The van der Waals surface area contributed by atoms with E-state index in [1.165, 1.54) is 0 Å². The number of carbonyl (C=O) groups excluding carboxylic acids is 1. The van der Waals surface area contributed by atoms with Gasteiger partial charge in [-0.25, -0.2) is 0 Å². The van der Waals surface area contributed by atoms with Gasteiger partial charge < -0.3 is 15.2 Å². The maximum atomic E-state index is 11.6. The second-order valence-electron chi connectivity index (χ2n) is 5.70. The summed E-state index contributed by atoms with van der Waals surface area (Å²) in [7, 11) is 0. The molecule has 124 valence electrons. The fourth-order valence-corrected chi connectivity index (χ4v) is 3.05. The van der Waals surface area contributed by atoms with Crippen LogP contribution in [0, 0.1) is 11.3 Å². The molecule has 2 rings (SSSR count). The van der Waals surface area contributed by atoms with Crippen LogP contribution in [0.2, 0.25) is 5.02 Å². The minimum absolute atomic E-state index is 0.0796. The van der Waals surface area contributed by atoms with Crippen molar-refractivity contribution in [2.45, 2.75) is 37.6 Å². The Morgan fingerprint density at radius 3 is 2.78 bits per heavy atom. The van der Waals surface area contributed by atoms with Gasteiger partial charge in [-0.1, -0.05) is 17.7 Å². The molecule has 23 heavy (non-hydrogen) atoms. The smallest absolute Gasteiger partial charge is 0.307 e. The van der Waals surface area contributed by atoms with E-state index in [1.807, 2.05) is 6.07 Å². The zero-order valence-corrected chi connectivity index (χ0v) is 13.9. The Labute approximate surface area is 141 Å². The van der Waals surface area contributed by atoms with E-state index < -0.39 is 11.5 Å². The van der Waals surface area contributed by atoms with E-state index in [0.717, 1.165) is 11.1 Å². The summed E-state index contributed by atoms with van der Waals surface area (Å²) in [5, 5.41) is 10.2. The van der Waals surface area contributed by atoms with Gasteiger partial charge in [0.1, 0.15) is 0 Å². The second-order valence-corrected chi connectivity index (χ2v) is 6.13. The predicted octanol–water partition coefficient (Wildman–Crippen LogP) is 2.86. The van der Waals surface area contributed by atoms with Crippen LogP contribution in [0.5, 0.6) is 0 Å². The highest BCUT2D eigenvalue weighted by molar-refractivity contribution is 6.30. The van der Waals surface area contributed by atoms with E-state index in [9.17, 15) is 10.1 Å². The van der Waals surface area contributed by atoms with Gasteiger partial charge in [-0.2, -0.15) is 5.26 Å². The Morgan fingerprint density at radius 2 is 2.17 bits per heavy atom.